The molecule has 0 aliphatic carbocycles. The van der Waals surface area contributed by atoms with Crippen LogP contribution in [0.5, 0.6) is 5.75 Å². The zero-order valence-electron chi connectivity index (χ0n) is 14.2. The van der Waals surface area contributed by atoms with Crippen molar-refractivity contribution >= 4 is 37.9 Å². The molecule has 2 heterocycles. The number of rotatable bonds is 5. The lowest BCUT2D eigenvalue weighted by molar-refractivity contribution is 0.412. The topological polar surface area (TPSA) is 64.3 Å². The molecule has 0 fully saturated rings. The molecule has 0 amide bonds. The third-order valence-electron chi connectivity index (χ3n) is 3.94. The van der Waals surface area contributed by atoms with Crippen molar-refractivity contribution in [2.75, 3.05) is 12.4 Å². The Morgan fingerprint density at radius 3 is 2.69 bits per heavy atom. The summed E-state index contributed by atoms with van der Waals surface area (Å²) in [6.45, 7) is 2.72. The summed E-state index contributed by atoms with van der Waals surface area (Å²) in [5, 5.41) is 17.5. The van der Waals surface area contributed by atoms with Gasteiger partial charge in [0.1, 0.15) is 10.8 Å². The van der Waals surface area contributed by atoms with Crippen molar-refractivity contribution in [1.29, 1.82) is 0 Å². The number of methoxy groups -OCH3 is 1. The minimum atomic E-state index is 0.642. The number of aromatic nitrogens is 4. The SMILES string of the molecule is COc1ccc(-c2nnc3sc(CNc4ccc(C)cc4)nn23)cc1Br. The van der Waals surface area contributed by atoms with E-state index in [1.807, 2.05) is 18.2 Å². The van der Waals surface area contributed by atoms with Crippen LogP contribution in [-0.4, -0.2) is 26.9 Å². The highest BCUT2D eigenvalue weighted by Gasteiger charge is 2.14. The van der Waals surface area contributed by atoms with Crippen LogP contribution in [0, 0.1) is 6.92 Å². The standard InChI is InChI=1S/C18H16BrN5OS/c1-11-3-6-13(7-4-11)20-10-16-23-24-17(21-22-18(24)26-16)12-5-8-15(25-2)14(19)9-12/h3-9,20H,10H2,1-2H3. The van der Waals surface area contributed by atoms with Crippen LogP contribution in [-0.2, 0) is 6.54 Å². The molecule has 0 bridgehead atoms. The van der Waals surface area contributed by atoms with Crippen LogP contribution in [0.3, 0.4) is 0 Å². The summed E-state index contributed by atoms with van der Waals surface area (Å²) in [6, 6.07) is 14.1. The first-order valence-electron chi connectivity index (χ1n) is 7.99. The maximum atomic E-state index is 5.28. The largest absolute Gasteiger partial charge is 0.496 e. The van der Waals surface area contributed by atoms with Gasteiger partial charge in [-0.1, -0.05) is 29.0 Å². The number of fused-ring (bicyclic) bond motifs is 1. The van der Waals surface area contributed by atoms with Crippen molar-refractivity contribution in [2.45, 2.75) is 13.5 Å². The Balaban J connectivity index is 1.58. The van der Waals surface area contributed by atoms with Crippen molar-refractivity contribution < 1.29 is 4.74 Å². The van der Waals surface area contributed by atoms with E-state index in [2.05, 4.69) is 67.7 Å². The van der Waals surface area contributed by atoms with Crippen LogP contribution in [0.2, 0.25) is 0 Å². The molecule has 4 aromatic rings. The monoisotopic (exact) mass is 429 g/mol. The summed E-state index contributed by atoms with van der Waals surface area (Å²) in [4.78, 5) is 0.771. The van der Waals surface area contributed by atoms with E-state index in [4.69, 9.17) is 4.74 Å². The van der Waals surface area contributed by atoms with Crippen molar-refractivity contribution in [2.24, 2.45) is 0 Å². The van der Waals surface area contributed by atoms with Crippen molar-refractivity contribution in [3.63, 3.8) is 0 Å². The Morgan fingerprint density at radius 1 is 1.15 bits per heavy atom. The fraction of sp³-hybridized carbons (Fsp3) is 0.167. The van der Waals surface area contributed by atoms with E-state index < -0.39 is 0 Å². The Labute approximate surface area is 163 Å². The fourth-order valence-corrected chi connectivity index (χ4v) is 3.88. The van der Waals surface area contributed by atoms with Crippen LogP contribution in [0.25, 0.3) is 16.3 Å². The molecule has 26 heavy (non-hydrogen) atoms. The molecule has 2 aromatic heterocycles. The van der Waals surface area contributed by atoms with Gasteiger partial charge in [-0.05, 0) is 53.2 Å². The molecule has 0 spiro atoms. The molecule has 2 aromatic carbocycles. The first kappa shape index (κ1) is 17.0. The summed E-state index contributed by atoms with van der Waals surface area (Å²) in [6.07, 6.45) is 0. The molecule has 4 rings (SSSR count). The van der Waals surface area contributed by atoms with Crippen LogP contribution in [0.1, 0.15) is 10.6 Å². The second-order valence-corrected chi connectivity index (χ2v) is 7.68. The molecular formula is C18H16BrN5OS. The number of anilines is 1. The van der Waals surface area contributed by atoms with E-state index in [1.54, 1.807) is 11.6 Å². The Morgan fingerprint density at radius 2 is 1.96 bits per heavy atom. The summed E-state index contributed by atoms with van der Waals surface area (Å²) in [5.74, 6) is 1.48. The van der Waals surface area contributed by atoms with Gasteiger partial charge in [-0.25, -0.2) is 0 Å². The summed E-state index contributed by atoms with van der Waals surface area (Å²) < 4.78 is 7.93. The third-order valence-corrected chi connectivity index (χ3v) is 5.46. The van der Waals surface area contributed by atoms with Gasteiger partial charge in [0.05, 0.1) is 18.1 Å². The van der Waals surface area contributed by atoms with Crippen LogP contribution < -0.4 is 10.1 Å². The number of nitrogens with zero attached hydrogens (tertiary/aromatic N) is 4. The number of hydrogen-bond donors (Lipinski definition) is 1. The molecule has 132 valence electrons. The Bertz CT molecular complexity index is 1060. The van der Waals surface area contributed by atoms with Gasteiger partial charge in [0, 0.05) is 11.3 Å². The maximum Gasteiger partial charge on any atom is 0.235 e. The number of hydrogen-bond acceptors (Lipinski definition) is 6. The molecule has 0 aliphatic rings. The van der Waals surface area contributed by atoms with Gasteiger partial charge in [0.15, 0.2) is 5.82 Å². The lowest BCUT2D eigenvalue weighted by Gasteiger charge is -2.05. The van der Waals surface area contributed by atoms with E-state index in [0.29, 0.717) is 12.4 Å². The second-order valence-electron chi connectivity index (χ2n) is 5.78. The number of halogens is 1. The van der Waals surface area contributed by atoms with Crippen LogP contribution >= 0.6 is 27.3 Å². The van der Waals surface area contributed by atoms with Gasteiger partial charge < -0.3 is 10.1 Å². The van der Waals surface area contributed by atoms with E-state index in [0.717, 1.165) is 31.4 Å². The molecule has 8 heteroatoms. The Kier molecular flexibility index (Phi) is 4.60. The maximum absolute atomic E-state index is 5.28. The normalized spacial score (nSPS) is 11.0. The summed E-state index contributed by atoms with van der Waals surface area (Å²) in [5.41, 5.74) is 3.24. The predicted molar refractivity (Wildman–Crippen MR) is 107 cm³/mol. The number of benzene rings is 2. The lowest BCUT2D eigenvalue weighted by atomic mass is 10.2. The molecule has 1 N–H and O–H groups in total. The highest BCUT2D eigenvalue weighted by Crippen LogP contribution is 2.30. The lowest BCUT2D eigenvalue weighted by Crippen LogP contribution is -2.00. The molecule has 0 radical (unpaired) electrons. The minimum absolute atomic E-state index is 0.642. The van der Waals surface area contributed by atoms with Crippen LogP contribution in [0.4, 0.5) is 5.69 Å². The van der Waals surface area contributed by atoms with Crippen LogP contribution in [0.15, 0.2) is 46.9 Å². The van der Waals surface area contributed by atoms with Gasteiger partial charge in [-0.2, -0.15) is 9.61 Å². The van der Waals surface area contributed by atoms with Crippen molar-refractivity contribution in [3.05, 3.63) is 57.5 Å². The highest BCUT2D eigenvalue weighted by molar-refractivity contribution is 9.10. The zero-order valence-corrected chi connectivity index (χ0v) is 16.6. The molecule has 6 nitrogen and oxygen atoms in total. The second kappa shape index (κ2) is 7.05. The van der Waals surface area contributed by atoms with E-state index in [-0.39, 0.29) is 0 Å². The molecule has 0 aliphatic heterocycles. The quantitative estimate of drug-likeness (QED) is 0.504. The molecular weight excluding hydrogens is 414 g/mol. The number of aryl methyl sites for hydroxylation is 1. The van der Waals surface area contributed by atoms with Gasteiger partial charge >= 0.3 is 0 Å². The van der Waals surface area contributed by atoms with Crippen molar-refractivity contribution in [3.8, 4) is 17.1 Å². The van der Waals surface area contributed by atoms with E-state index in [9.17, 15) is 0 Å². The summed E-state index contributed by atoms with van der Waals surface area (Å²) in [7, 11) is 1.64. The fourth-order valence-electron chi connectivity index (χ4n) is 2.56. The highest BCUT2D eigenvalue weighted by atomic mass is 79.9. The molecule has 0 saturated heterocycles. The third kappa shape index (κ3) is 3.30. The first-order valence-corrected chi connectivity index (χ1v) is 9.60. The predicted octanol–water partition coefficient (Wildman–Crippen LogP) is 4.54. The van der Waals surface area contributed by atoms with E-state index >= 15 is 0 Å². The van der Waals surface area contributed by atoms with E-state index in [1.165, 1.54) is 16.9 Å². The number of ether oxygens (including phenoxy) is 1. The van der Waals surface area contributed by atoms with Gasteiger partial charge in [-0.3, -0.25) is 0 Å². The zero-order chi connectivity index (χ0) is 18.1. The molecule has 0 saturated carbocycles. The van der Waals surface area contributed by atoms with Crippen molar-refractivity contribution in [1.82, 2.24) is 19.8 Å². The van der Waals surface area contributed by atoms with Gasteiger partial charge in [-0.15, -0.1) is 10.2 Å². The molecule has 0 unspecified atom stereocenters. The summed E-state index contributed by atoms with van der Waals surface area (Å²) >= 11 is 5.03. The average Bonchev–Trinajstić information content (AvgIpc) is 3.21. The Hall–Kier alpha value is -2.45. The molecule has 0 atom stereocenters. The number of nitrogens with one attached hydrogen (secondary N) is 1. The minimum Gasteiger partial charge on any atom is -0.496 e. The average molecular weight is 430 g/mol. The smallest absolute Gasteiger partial charge is 0.235 e. The van der Waals surface area contributed by atoms with Gasteiger partial charge in [0.25, 0.3) is 0 Å². The van der Waals surface area contributed by atoms with Gasteiger partial charge in [0.2, 0.25) is 4.96 Å². The first-order chi connectivity index (χ1) is 12.6.